The molecule has 1 rings (SSSR count). The van der Waals surface area contributed by atoms with Crippen LogP contribution in [0.5, 0.6) is 5.75 Å². The topological polar surface area (TPSA) is 30.5 Å². The normalized spacial score (nSPS) is 10.3. The van der Waals surface area contributed by atoms with Gasteiger partial charge < -0.3 is 14.8 Å². The summed E-state index contributed by atoms with van der Waals surface area (Å²) in [6, 6.07) is 8.18. The summed E-state index contributed by atoms with van der Waals surface area (Å²) in [4.78, 5) is 0. The minimum atomic E-state index is 0.760. The van der Waals surface area contributed by atoms with Gasteiger partial charge in [0.25, 0.3) is 0 Å². The number of methoxy groups -OCH3 is 1. The van der Waals surface area contributed by atoms with Crippen LogP contribution in [0.3, 0.4) is 0 Å². The van der Waals surface area contributed by atoms with Crippen LogP contribution in [0.2, 0.25) is 0 Å². The van der Waals surface area contributed by atoms with Gasteiger partial charge in [0.2, 0.25) is 0 Å². The summed E-state index contributed by atoms with van der Waals surface area (Å²) < 4.78 is 10.5. The van der Waals surface area contributed by atoms with Crippen molar-refractivity contribution in [3.8, 4) is 5.75 Å². The van der Waals surface area contributed by atoms with Crippen molar-refractivity contribution in [1.29, 1.82) is 0 Å². The molecule has 3 nitrogen and oxygen atoms in total. The van der Waals surface area contributed by atoms with E-state index in [1.54, 1.807) is 7.11 Å². The van der Waals surface area contributed by atoms with Gasteiger partial charge in [-0.05, 0) is 37.1 Å². The summed E-state index contributed by atoms with van der Waals surface area (Å²) in [6.07, 6.45) is 3.82. The van der Waals surface area contributed by atoms with Crippen LogP contribution >= 0.6 is 0 Å². The van der Waals surface area contributed by atoms with Crippen molar-refractivity contribution in [3.05, 3.63) is 42.5 Å². The molecule has 0 bridgehead atoms. The lowest BCUT2D eigenvalue weighted by molar-refractivity contribution is 0.140. The number of ether oxygens (including phenoxy) is 2. The second-order valence-corrected chi connectivity index (χ2v) is 4.04. The van der Waals surface area contributed by atoms with E-state index in [1.807, 2.05) is 18.2 Å². The van der Waals surface area contributed by atoms with Crippen LogP contribution in [0, 0.1) is 0 Å². The number of hydrogen-bond acceptors (Lipinski definition) is 3. The third-order valence-corrected chi connectivity index (χ3v) is 2.64. The zero-order valence-electron chi connectivity index (χ0n) is 11.2. The molecule has 1 aromatic carbocycles. The van der Waals surface area contributed by atoms with Crippen molar-refractivity contribution in [2.75, 3.05) is 33.4 Å². The molecule has 0 atom stereocenters. The summed E-state index contributed by atoms with van der Waals surface area (Å²) >= 11 is 0. The molecule has 0 fully saturated rings. The average Bonchev–Trinajstić information content (AvgIpc) is 2.42. The van der Waals surface area contributed by atoms with Gasteiger partial charge in [0.15, 0.2) is 0 Å². The summed E-state index contributed by atoms with van der Waals surface area (Å²) in [5.41, 5.74) is 1.32. The van der Waals surface area contributed by atoms with Gasteiger partial charge in [-0.15, -0.1) is 6.58 Å². The quantitative estimate of drug-likeness (QED) is 0.510. The molecule has 0 saturated heterocycles. The van der Waals surface area contributed by atoms with Crippen LogP contribution in [-0.4, -0.2) is 33.4 Å². The molecule has 100 valence electrons. The first-order valence-electron chi connectivity index (χ1n) is 6.39. The highest BCUT2D eigenvalue weighted by Crippen LogP contribution is 2.11. The molecule has 0 saturated carbocycles. The van der Waals surface area contributed by atoms with E-state index in [-0.39, 0.29) is 0 Å². The van der Waals surface area contributed by atoms with Gasteiger partial charge in [-0.2, -0.15) is 0 Å². The molecule has 18 heavy (non-hydrogen) atoms. The van der Waals surface area contributed by atoms with Gasteiger partial charge in [0.05, 0.1) is 20.3 Å². The lowest BCUT2D eigenvalue weighted by Gasteiger charge is -2.06. The van der Waals surface area contributed by atoms with Gasteiger partial charge in [-0.1, -0.05) is 18.2 Å². The number of rotatable bonds is 10. The van der Waals surface area contributed by atoms with Crippen LogP contribution in [-0.2, 0) is 11.2 Å². The van der Waals surface area contributed by atoms with Crippen molar-refractivity contribution in [2.45, 2.75) is 12.8 Å². The van der Waals surface area contributed by atoms with E-state index >= 15 is 0 Å². The second-order valence-electron chi connectivity index (χ2n) is 4.04. The smallest absolute Gasteiger partial charge is 0.118 e. The summed E-state index contributed by atoms with van der Waals surface area (Å²) in [7, 11) is 1.68. The van der Waals surface area contributed by atoms with E-state index in [0.29, 0.717) is 0 Å². The van der Waals surface area contributed by atoms with E-state index in [9.17, 15) is 0 Å². The lowest BCUT2D eigenvalue weighted by Crippen LogP contribution is -2.22. The number of hydrogen-bond donors (Lipinski definition) is 1. The van der Waals surface area contributed by atoms with E-state index < -0.39 is 0 Å². The molecule has 0 amide bonds. The number of nitrogens with one attached hydrogen (secondary N) is 1. The van der Waals surface area contributed by atoms with Crippen molar-refractivity contribution < 1.29 is 9.47 Å². The standard InChI is InChI=1S/C15H23NO2/c1-3-4-12-18-13-11-16-10-9-14-5-7-15(17-2)8-6-14/h3,5-8,16H,1,4,9-13H2,2H3. The Hall–Kier alpha value is -1.32. The maximum Gasteiger partial charge on any atom is 0.118 e. The molecule has 1 aromatic rings. The lowest BCUT2D eigenvalue weighted by atomic mass is 10.1. The van der Waals surface area contributed by atoms with Crippen LogP contribution < -0.4 is 10.1 Å². The zero-order valence-corrected chi connectivity index (χ0v) is 11.2. The Morgan fingerprint density at radius 3 is 2.61 bits per heavy atom. The highest BCUT2D eigenvalue weighted by Gasteiger charge is 1.94. The Morgan fingerprint density at radius 2 is 1.94 bits per heavy atom. The SMILES string of the molecule is C=CCCOCCNCCc1ccc(OC)cc1. The van der Waals surface area contributed by atoms with Crippen LogP contribution in [0.4, 0.5) is 0 Å². The first kappa shape index (κ1) is 14.7. The third kappa shape index (κ3) is 6.42. The fourth-order valence-corrected chi connectivity index (χ4v) is 1.56. The Kier molecular flexibility index (Phi) is 7.93. The van der Waals surface area contributed by atoms with Crippen molar-refractivity contribution in [2.24, 2.45) is 0 Å². The molecule has 0 aliphatic carbocycles. The van der Waals surface area contributed by atoms with E-state index in [2.05, 4.69) is 24.0 Å². The van der Waals surface area contributed by atoms with Gasteiger partial charge in [0.1, 0.15) is 5.75 Å². The fourth-order valence-electron chi connectivity index (χ4n) is 1.56. The number of benzene rings is 1. The molecule has 0 aliphatic heterocycles. The molecule has 0 aliphatic rings. The molecule has 0 unspecified atom stereocenters. The highest BCUT2D eigenvalue weighted by molar-refractivity contribution is 5.27. The van der Waals surface area contributed by atoms with Gasteiger partial charge in [-0.25, -0.2) is 0 Å². The average molecular weight is 249 g/mol. The fraction of sp³-hybridized carbons (Fsp3) is 0.467. The monoisotopic (exact) mass is 249 g/mol. The Balaban J connectivity index is 2.01. The first-order chi connectivity index (χ1) is 8.86. The predicted octanol–water partition coefficient (Wildman–Crippen LogP) is 2.42. The van der Waals surface area contributed by atoms with Gasteiger partial charge in [0, 0.05) is 6.54 Å². The van der Waals surface area contributed by atoms with Crippen LogP contribution in [0.1, 0.15) is 12.0 Å². The van der Waals surface area contributed by atoms with Gasteiger partial charge >= 0.3 is 0 Å². The molecule has 0 spiro atoms. The van der Waals surface area contributed by atoms with E-state index in [4.69, 9.17) is 9.47 Å². The molecule has 0 heterocycles. The van der Waals surface area contributed by atoms with E-state index in [1.165, 1.54) is 5.56 Å². The largest absolute Gasteiger partial charge is 0.497 e. The van der Waals surface area contributed by atoms with Crippen molar-refractivity contribution >= 4 is 0 Å². The Bertz CT molecular complexity index is 322. The van der Waals surface area contributed by atoms with Gasteiger partial charge in [-0.3, -0.25) is 0 Å². The molecule has 3 heteroatoms. The summed E-state index contributed by atoms with van der Waals surface area (Å²) in [5, 5.41) is 3.36. The third-order valence-electron chi connectivity index (χ3n) is 2.64. The maximum absolute atomic E-state index is 5.41. The minimum absolute atomic E-state index is 0.760. The first-order valence-corrected chi connectivity index (χ1v) is 6.39. The Morgan fingerprint density at radius 1 is 1.17 bits per heavy atom. The molecule has 1 N–H and O–H groups in total. The predicted molar refractivity (Wildman–Crippen MR) is 75.2 cm³/mol. The molecular weight excluding hydrogens is 226 g/mol. The van der Waals surface area contributed by atoms with Crippen molar-refractivity contribution in [1.82, 2.24) is 5.32 Å². The molecule has 0 radical (unpaired) electrons. The van der Waals surface area contributed by atoms with Crippen molar-refractivity contribution in [3.63, 3.8) is 0 Å². The van der Waals surface area contributed by atoms with Crippen LogP contribution in [0.25, 0.3) is 0 Å². The highest BCUT2D eigenvalue weighted by atomic mass is 16.5. The van der Waals surface area contributed by atoms with E-state index in [0.717, 1.165) is 44.9 Å². The zero-order chi connectivity index (χ0) is 13.1. The summed E-state index contributed by atoms with van der Waals surface area (Å²) in [6.45, 7) is 7.04. The Labute approximate surface area is 110 Å². The summed E-state index contributed by atoms with van der Waals surface area (Å²) in [5.74, 6) is 0.905. The van der Waals surface area contributed by atoms with Crippen LogP contribution in [0.15, 0.2) is 36.9 Å². The molecule has 0 aromatic heterocycles. The second kappa shape index (κ2) is 9.68. The minimum Gasteiger partial charge on any atom is -0.497 e. The molecular formula is C15H23NO2. The maximum atomic E-state index is 5.41.